The standard InChI is InChI=1S/C14H20O5/c1-10(2)8-19-14(17)11-3-5-13(6-4-11)18-9-12(16)7-15/h3-6,10,12,15-16H,7-9H2,1-2H3. The molecule has 0 aliphatic heterocycles. The summed E-state index contributed by atoms with van der Waals surface area (Å²) in [6.07, 6.45) is -0.907. The summed E-state index contributed by atoms with van der Waals surface area (Å²) in [5.41, 5.74) is 0.454. The highest BCUT2D eigenvalue weighted by Gasteiger charge is 2.08. The topological polar surface area (TPSA) is 76.0 Å². The zero-order valence-corrected chi connectivity index (χ0v) is 11.2. The predicted octanol–water partition coefficient (Wildman–Crippen LogP) is 1.23. The molecule has 0 aliphatic carbocycles. The van der Waals surface area contributed by atoms with Crippen LogP contribution in [-0.4, -0.2) is 42.1 Å². The number of carbonyl (C=O) groups excluding carboxylic acids is 1. The minimum Gasteiger partial charge on any atom is -0.491 e. The molecule has 0 bridgehead atoms. The Labute approximate surface area is 112 Å². The molecule has 5 nitrogen and oxygen atoms in total. The fourth-order valence-electron chi connectivity index (χ4n) is 1.26. The number of aliphatic hydroxyl groups excluding tert-OH is 2. The lowest BCUT2D eigenvalue weighted by atomic mass is 10.2. The Morgan fingerprint density at radius 3 is 2.37 bits per heavy atom. The van der Waals surface area contributed by atoms with Crippen molar-refractivity contribution in [3.8, 4) is 5.75 Å². The number of esters is 1. The summed E-state index contributed by atoms with van der Waals surface area (Å²) in [6.45, 7) is 3.99. The van der Waals surface area contributed by atoms with Crippen molar-refractivity contribution in [1.29, 1.82) is 0 Å². The largest absolute Gasteiger partial charge is 0.491 e. The van der Waals surface area contributed by atoms with E-state index in [9.17, 15) is 4.79 Å². The molecule has 0 aromatic heterocycles. The Kier molecular flexibility index (Phi) is 6.32. The summed E-state index contributed by atoms with van der Waals surface area (Å²) in [6, 6.07) is 6.44. The molecule has 0 amide bonds. The second-order valence-electron chi connectivity index (χ2n) is 4.66. The lowest BCUT2D eigenvalue weighted by molar-refractivity contribution is 0.0458. The van der Waals surface area contributed by atoms with Gasteiger partial charge in [0, 0.05) is 0 Å². The summed E-state index contributed by atoms with van der Waals surface area (Å²) >= 11 is 0. The first kappa shape index (κ1) is 15.5. The molecule has 0 saturated heterocycles. The molecule has 5 heteroatoms. The van der Waals surface area contributed by atoms with E-state index in [2.05, 4.69) is 0 Å². The third-order valence-corrected chi connectivity index (χ3v) is 2.29. The molecular formula is C14H20O5. The molecule has 0 heterocycles. The van der Waals surface area contributed by atoms with Gasteiger partial charge in [-0.25, -0.2) is 4.79 Å². The third-order valence-electron chi connectivity index (χ3n) is 2.29. The van der Waals surface area contributed by atoms with Gasteiger partial charge in [0.2, 0.25) is 0 Å². The second-order valence-corrected chi connectivity index (χ2v) is 4.66. The average molecular weight is 268 g/mol. The van der Waals surface area contributed by atoms with E-state index in [1.165, 1.54) is 0 Å². The third kappa shape index (κ3) is 5.72. The lowest BCUT2D eigenvalue weighted by Crippen LogP contribution is -2.21. The quantitative estimate of drug-likeness (QED) is 0.727. The van der Waals surface area contributed by atoms with Gasteiger partial charge in [-0.1, -0.05) is 13.8 Å². The zero-order valence-electron chi connectivity index (χ0n) is 11.2. The van der Waals surface area contributed by atoms with Crippen molar-refractivity contribution in [2.24, 2.45) is 5.92 Å². The van der Waals surface area contributed by atoms with E-state index in [1.807, 2.05) is 13.8 Å². The molecule has 1 rings (SSSR count). The van der Waals surface area contributed by atoms with Crippen molar-refractivity contribution in [3.05, 3.63) is 29.8 Å². The van der Waals surface area contributed by atoms with Crippen LogP contribution in [0.4, 0.5) is 0 Å². The Hall–Kier alpha value is -1.59. The van der Waals surface area contributed by atoms with E-state index >= 15 is 0 Å². The Balaban J connectivity index is 2.49. The SMILES string of the molecule is CC(C)COC(=O)c1ccc(OCC(O)CO)cc1. The smallest absolute Gasteiger partial charge is 0.338 e. The van der Waals surface area contributed by atoms with Gasteiger partial charge in [0.1, 0.15) is 18.5 Å². The molecule has 106 valence electrons. The molecule has 0 aliphatic rings. The van der Waals surface area contributed by atoms with Crippen LogP contribution < -0.4 is 4.74 Å². The summed E-state index contributed by atoms with van der Waals surface area (Å²) in [5.74, 6) is 0.454. The molecule has 1 aromatic carbocycles. The van der Waals surface area contributed by atoms with Crippen molar-refractivity contribution in [2.75, 3.05) is 19.8 Å². The first-order valence-corrected chi connectivity index (χ1v) is 6.21. The average Bonchev–Trinajstić information content (AvgIpc) is 2.42. The zero-order chi connectivity index (χ0) is 14.3. The maximum Gasteiger partial charge on any atom is 0.338 e. The first-order chi connectivity index (χ1) is 9.02. The number of ether oxygens (including phenoxy) is 2. The van der Waals surface area contributed by atoms with Crippen molar-refractivity contribution in [2.45, 2.75) is 20.0 Å². The van der Waals surface area contributed by atoms with Crippen LogP contribution in [0.5, 0.6) is 5.75 Å². The van der Waals surface area contributed by atoms with Gasteiger partial charge in [0.15, 0.2) is 0 Å². The highest BCUT2D eigenvalue weighted by Crippen LogP contribution is 2.13. The number of rotatable bonds is 7. The maximum absolute atomic E-state index is 11.6. The minimum absolute atomic E-state index is 0.00758. The van der Waals surface area contributed by atoms with Gasteiger partial charge in [-0.15, -0.1) is 0 Å². The summed E-state index contributed by atoms with van der Waals surface area (Å²) < 4.78 is 10.3. The molecule has 0 fully saturated rings. The van der Waals surface area contributed by atoms with Crippen LogP contribution >= 0.6 is 0 Å². The summed E-state index contributed by atoms with van der Waals surface area (Å²) in [7, 11) is 0. The lowest BCUT2D eigenvalue weighted by Gasteiger charge is -2.10. The van der Waals surface area contributed by atoms with E-state index in [0.29, 0.717) is 23.8 Å². The van der Waals surface area contributed by atoms with Gasteiger partial charge < -0.3 is 19.7 Å². The fraction of sp³-hybridized carbons (Fsp3) is 0.500. The van der Waals surface area contributed by atoms with Crippen LogP contribution in [0.1, 0.15) is 24.2 Å². The number of benzene rings is 1. The Morgan fingerprint density at radius 2 is 1.84 bits per heavy atom. The van der Waals surface area contributed by atoms with Crippen LogP contribution in [-0.2, 0) is 4.74 Å². The van der Waals surface area contributed by atoms with Crippen LogP contribution in [0, 0.1) is 5.92 Å². The molecule has 1 aromatic rings. The van der Waals surface area contributed by atoms with Gasteiger partial charge in [0.05, 0.1) is 18.8 Å². The van der Waals surface area contributed by atoms with E-state index in [1.54, 1.807) is 24.3 Å². The molecule has 1 unspecified atom stereocenters. The van der Waals surface area contributed by atoms with E-state index in [-0.39, 0.29) is 19.2 Å². The van der Waals surface area contributed by atoms with Crippen LogP contribution in [0.2, 0.25) is 0 Å². The molecule has 2 N–H and O–H groups in total. The van der Waals surface area contributed by atoms with Crippen molar-refractivity contribution in [1.82, 2.24) is 0 Å². The van der Waals surface area contributed by atoms with Crippen LogP contribution in [0.25, 0.3) is 0 Å². The van der Waals surface area contributed by atoms with Gasteiger partial charge in [-0.2, -0.15) is 0 Å². The summed E-state index contributed by atoms with van der Waals surface area (Å²) in [4.78, 5) is 11.6. The highest BCUT2D eigenvalue weighted by atomic mass is 16.5. The minimum atomic E-state index is -0.907. The molecule has 19 heavy (non-hydrogen) atoms. The van der Waals surface area contributed by atoms with Gasteiger partial charge in [-0.05, 0) is 30.2 Å². The summed E-state index contributed by atoms with van der Waals surface area (Å²) in [5, 5.41) is 17.8. The highest BCUT2D eigenvalue weighted by molar-refractivity contribution is 5.89. The molecule has 1 atom stereocenters. The van der Waals surface area contributed by atoms with Crippen molar-refractivity contribution < 1.29 is 24.5 Å². The van der Waals surface area contributed by atoms with Gasteiger partial charge >= 0.3 is 5.97 Å². The fourth-order valence-corrected chi connectivity index (χ4v) is 1.26. The van der Waals surface area contributed by atoms with Gasteiger partial charge in [-0.3, -0.25) is 0 Å². The normalized spacial score (nSPS) is 12.3. The van der Waals surface area contributed by atoms with E-state index in [0.717, 1.165) is 0 Å². The van der Waals surface area contributed by atoms with Crippen molar-refractivity contribution in [3.63, 3.8) is 0 Å². The Morgan fingerprint density at radius 1 is 1.21 bits per heavy atom. The molecule has 0 spiro atoms. The first-order valence-electron chi connectivity index (χ1n) is 6.21. The number of hydrogen-bond donors (Lipinski definition) is 2. The number of aliphatic hydroxyl groups is 2. The molecule has 0 saturated carbocycles. The molecular weight excluding hydrogens is 248 g/mol. The van der Waals surface area contributed by atoms with Crippen molar-refractivity contribution >= 4 is 5.97 Å². The Bertz CT molecular complexity index is 385. The van der Waals surface area contributed by atoms with E-state index < -0.39 is 6.10 Å². The monoisotopic (exact) mass is 268 g/mol. The predicted molar refractivity (Wildman–Crippen MR) is 70.2 cm³/mol. The maximum atomic E-state index is 11.6. The van der Waals surface area contributed by atoms with Crippen LogP contribution in [0.15, 0.2) is 24.3 Å². The molecule has 0 radical (unpaired) electrons. The van der Waals surface area contributed by atoms with Crippen LogP contribution in [0.3, 0.4) is 0 Å². The number of hydrogen-bond acceptors (Lipinski definition) is 5. The second kappa shape index (κ2) is 7.76. The van der Waals surface area contributed by atoms with E-state index in [4.69, 9.17) is 19.7 Å². The number of carbonyl (C=O) groups is 1. The van der Waals surface area contributed by atoms with Gasteiger partial charge in [0.25, 0.3) is 0 Å².